The van der Waals surface area contributed by atoms with Gasteiger partial charge in [0.05, 0.1) is 12.1 Å². The van der Waals surface area contributed by atoms with E-state index in [0.29, 0.717) is 0 Å². The number of hydrogen-bond acceptors (Lipinski definition) is 3. The Kier molecular flexibility index (Phi) is 2.57. The zero-order chi connectivity index (χ0) is 11.8. The highest BCUT2D eigenvalue weighted by molar-refractivity contribution is 7.71. The lowest BCUT2D eigenvalue weighted by atomic mass is 10.3. The van der Waals surface area contributed by atoms with Crippen molar-refractivity contribution >= 4 is 34.7 Å². The molecule has 0 aliphatic heterocycles. The Morgan fingerprint density at radius 3 is 3.06 bits per heavy atom. The molecule has 0 aliphatic rings. The van der Waals surface area contributed by atoms with Gasteiger partial charge in [0.15, 0.2) is 10.4 Å². The summed E-state index contributed by atoms with van der Waals surface area (Å²) >= 11 is 7.04. The standard InChI is InChI=1S/C12H11N3S2/c1-8-2-3-10-11(13-8)15(12(16)14-10)6-9-4-5-17-7-9/h2-5,7H,6H2,1H3,(H,14,16). The van der Waals surface area contributed by atoms with Gasteiger partial charge in [0.2, 0.25) is 0 Å². The number of aromatic nitrogens is 3. The third kappa shape index (κ3) is 1.92. The van der Waals surface area contributed by atoms with Gasteiger partial charge in [0.1, 0.15) is 0 Å². The number of thiophene rings is 1. The Morgan fingerprint density at radius 1 is 1.41 bits per heavy atom. The molecule has 1 N–H and O–H groups in total. The van der Waals surface area contributed by atoms with E-state index in [9.17, 15) is 0 Å². The van der Waals surface area contributed by atoms with E-state index in [4.69, 9.17) is 12.2 Å². The number of nitrogens with one attached hydrogen (secondary N) is 1. The van der Waals surface area contributed by atoms with Gasteiger partial charge in [-0.1, -0.05) is 0 Å². The molecule has 0 aromatic carbocycles. The fraction of sp³-hybridized carbons (Fsp3) is 0.167. The topological polar surface area (TPSA) is 33.6 Å². The second-order valence-electron chi connectivity index (χ2n) is 3.97. The Bertz CT molecular complexity index is 707. The Labute approximate surface area is 108 Å². The lowest BCUT2D eigenvalue weighted by Crippen LogP contribution is -2.00. The summed E-state index contributed by atoms with van der Waals surface area (Å²) in [5, 5.41) is 4.21. The van der Waals surface area contributed by atoms with E-state index in [1.165, 1.54) is 5.56 Å². The Hall–Kier alpha value is -1.46. The van der Waals surface area contributed by atoms with E-state index in [2.05, 4.69) is 26.8 Å². The van der Waals surface area contributed by atoms with E-state index in [0.717, 1.165) is 28.2 Å². The first kappa shape index (κ1) is 10.7. The summed E-state index contributed by atoms with van der Waals surface area (Å²) in [6.07, 6.45) is 0. The van der Waals surface area contributed by atoms with Crippen molar-refractivity contribution in [1.29, 1.82) is 0 Å². The van der Waals surface area contributed by atoms with E-state index in [1.54, 1.807) is 11.3 Å². The van der Waals surface area contributed by atoms with Gasteiger partial charge in [0, 0.05) is 5.69 Å². The first-order valence-corrected chi connectivity index (χ1v) is 6.66. The van der Waals surface area contributed by atoms with Crippen molar-refractivity contribution in [3.05, 3.63) is 45.0 Å². The van der Waals surface area contributed by atoms with Crippen LogP contribution in [-0.2, 0) is 6.54 Å². The van der Waals surface area contributed by atoms with Gasteiger partial charge in [-0.2, -0.15) is 11.3 Å². The number of pyridine rings is 1. The molecule has 3 heterocycles. The van der Waals surface area contributed by atoms with Crippen molar-refractivity contribution in [3.8, 4) is 0 Å². The SMILES string of the molecule is Cc1ccc2[nH]c(=S)n(Cc3ccsc3)c2n1. The van der Waals surface area contributed by atoms with Gasteiger partial charge in [-0.25, -0.2) is 4.98 Å². The molecule has 0 unspecified atom stereocenters. The van der Waals surface area contributed by atoms with E-state index >= 15 is 0 Å². The van der Waals surface area contributed by atoms with Gasteiger partial charge in [-0.3, -0.25) is 4.57 Å². The van der Waals surface area contributed by atoms with Crippen molar-refractivity contribution in [1.82, 2.24) is 14.5 Å². The predicted molar refractivity (Wildman–Crippen MR) is 73.1 cm³/mol. The van der Waals surface area contributed by atoms with Crippen LogP contribution in [0.3, 0.4) is 0 Å². The average molecular weight is 261 g/mol. The number of imidazole rings is 1. The molecule has 5 heteroatoms. The van der Waals surface area contributed by atoms with Gasteiger partial charge in [-0.15, -0.1) is 0 Å². The summed E-state index contributed by atoms with van der Waals surface area (Å²) < 4.78 is 2.77. The van der Waals surface area contributed by atoms with Gasteiger partial charge < -0.3 is 4.98 Å². The first-order valence-electron chi connectivity index (χ1n) is 5.31. The van der Waals surface area contributed by atoms with Crippen LogP contribution in [0.4, 0.5) is 0 Å². The molecule has 0 spiro atoms. The summed E-state index contributed by atoms with van der Waals surface area (Å²) in [6, 6.07) is 6.13. The highest BCUT2D eigenvalue weighted by Gasteiger charge is 2.06. The molecular formula is C12H11N3S2. The number of fused-ring (bicyclic) bond motifs is 1. The third-order valence-electron chi connectivity index (χ3n) is 2.68. The summed E-state index contributed by atoms with van der Waals surface area (Å²) in [6.45, 7) is 2.77. The maximum Gasteiger partial charge on any atom is 0.179 e. The molecule has 0 aliphatic carbocycles. The van der Waals surface area contributed by atoms with Crippen LogP contribution in [0, 0.1) is 11.7 Å². The maximum absolute atomic E-state index is 5.34. The molecule has 3 nitrogen and oxygen atoms in total. The van der Waals surface area contributed by atoms with Crippen LogP contribution in [0.25, 0.3) is 11.2 Å². The number of hydrogen-bond donors (Lipinski definition) is 1. The van der Waals surface area contributed by atoms with Gasteiger partial charge >= 0.3 is 0 Å². The number of nitrogens with zero attached hydrogens (tertiary/aromatic N) is 2. The number of rotatable bonds is 2. The molecule has 86 valence electrons. The minimum Gasteiger partial charge on any atom is -0.329 e. The van der Waals surface area contributed by atoms with Crippen molar-refractivity contribution in [3.63, 3.8) is 0 Å². The number of H-pyrrole nitrogens is 1. The van der Waals surface area contributed by atoms with Crippen LogP contribution in [0.1, 0.15) is 11.3 Å². The average Bonchev–Trinajstić information content (AvgIpc) is 2.90. The summed E-state index contributed by atoms with van der Waals surface area (Å²) in [5.41, 5.74) is 4.19. The molecule has 3 rings (SSSR count). The van der Waals surface area contributed by atoms with Crippen LogP contribution < -0.4 is 0 Å². The molecular weight excluding hydrogens is 250 g/mol. The molecule has 0 radical (unpaired) electrons. The minimum atomic E-state index is 0.726. The van der Waals surface area contributed by atoms with Crippen molar-refractivity contribution in [2.75, 3.05) is 0 Å². The molecule has 0 saturated heterocycles. The van der Waals surface area contributed by atoms with Crippen LogP contribution >= 0.6 is 23.6 Å². The second-order valence-corrected chi connectivity index (χ2v) is 5.14. The zero-order valence-electron chi connectivity index (χ0n) is 9.30. The molecule has 0 amide bonds. The van der Waals surface area contributed by atoms with Crippen molar-refractivity contribution < 1.29 is 0 Å². The smallest absolute Gasteiger partial charge is 0.179 e. The Balaban J connectivity index is 2.17. The molecule has 0 atom stereocenters. The van der Waals surface area contributed by atoms with Crippen molar-refractivity contribution in [2.24, 2.45) is 0 Å². The lowest BCUT2D eigenvalue weighted by Gasteiger charge is -2.02. The van der Waals surface area contributed by atoms with Crippen LogP contribution in [0.5, 0.6) is 0 Å². The first-order chi connectivity index (χ1) is 8.24. The fourth-order valence-corrected chi connectivity index (χ4v) is 2.76. The highest BCUT2D eigenvalue weighted by Crippen LogP contribution is 2.15. The molecule has 0 saturated carbocycles. The van der Waals surface area contributed by atoms with Crippen molar-refractivity contribution in [2.45, 2.75) is 13.5 Å². The highest BCUT2D eigenvalue weighted by atomic mass is 32.1. The van der Waals surface area contributed by atoms with Crippen LogP contribution in [-0.4, -0.2) is 14.5 Å². The molecule has 3 aromatic heterocycles. The molecule has 0 bridgehead atoms. The molecule has 17 heavy (non-hydrogen) atoms. The number of aryl methyl sites for hydroxylation is 1. The second kappa shape index (κ2) is 4.09. The van der Waals surface area contributed by atoms with Crippen LogP contribution in [0.15, 0.2) is 29.0 Å². The fourth-order valence-electron chi connectivity index (χ4n) is 1.84. The summed E-state index contributed by atoms with van der Waals surface area (Å²) in [4.78, 5) is 7.73. The number of aromatic amines is 1. The summed E-state index contributed by atoms with van der Waals surface area (Å²) in [7, 11) is 0. The predicted octanol–water partition coefficient (Wildman–Crippen LogP) is 3.51. The third-order valence-corrected chi connectivity index (χ3v) is 3.73. The molecule has 3 aromatic rings. The molecule has 0 fully saturated rings. The van der Waals surface area contributed by atoms with Gasteiger partial charge in [-0.05, 0) is 53.7 Å². The largest absolute Gasteiger partial charge is 0.329 e. The maximum atomic E-state index is 5.34. The lowest BCUT2D eigenvalue weighted by molar-refractivity contribution is 0.802. The quantitative estimate of drug-likeness (QED) is 0.716. The zero-order valence-corrected chi connectivity index (χ0v) is 10.9. The summed E-state index contributed by atoms with van der Waals surface area (Å²) in [5.74, 6) is 0. The van der Waals surface area contributed by atoms with E-state index < -0.39 is 0 Å². The van der Waals surface area contributed by atoms with E-state index in [1.807, 2.05) is 23.6 Å². The van der Waals surface area contributed by atoms with Crippen LogP contribution in [0.2, 0.25) is 0 Å². The Morgan fingerprint density at radius 2 is 2.29 bits per heavy atom. The van der Waals surface area contributed by atoms with Gasteiger partial charge in [0.25, 0.3) is 0 Å². The van der Waals surface area contributed by atoms with E-state index in [-0.39, 0.29) is 0 Å². The normalized spacial score (nSPS) is 11.1. The minimum absolute atomic E-state index is 0.726. The monoisotopic (exact) mass is 261 g/mol.